The topological polar surface area (TPSA) is 56.7 Å². The van der Waals surface area contributed by atoms with E-state index in [4.69, 9.17) is 19.4 Å². The molecule has 0 fully saturated rings. The van der Waals surface area contributed by atoms with E-state index in [1.807, 2.05) is 18.2 Å². The molecule has 13 aromatic rings. The Balaban J connectivity index is 1.08. The first-order valence-electron chi connectivity index (χ1n) is 20.4. The number of fused-ring (bicyclic) bond motifs is 10. The third kappa shape index (κ3) is 5.43. The van der Waals surface area contributed by atoms with E-state index in [9.17, 15) is 0 Å². The number of hydrogen-bond acceptors (Lipinski definition) is 5. The van der Waals surface area contributed by atoms with E-state index in [1.54, 1.807) is 11.3 Å². The second kappa shape index (κ2) is 13.3. The molecule has 0 aliphatic heterocycles. The number of benzene rings is 9. The molecule has 5 nitrogen and oxygen atoms in total. The van der Waals surface area contributed by atoms with E-state index in [-0.39, 0.29) is 0 Å². The third-order valence-corrected chi connectivity index (χ3v) is 13.2. The average molecular weight is 797 g/mol. The quantitative estimate of drug-likeness (QED) is 0.174. The van der Waals surface area contributed by atoms with Gasteiger partial charge in [-0.25, -0.2) is 15.0 Å². The van der Waals surface area contributed by atoms with E-state index < -0.39 is 0 Å². The highest BCUT2D eigenvalue weighted by molar-refractivity contribution is 7.25. The van der Waals surface area contributed by atoms with Crippen molar-refractivity contribution in [1.29, 1.82) is 0 Å². The SMILES string of the molecule is c1ccc(-c2ccc(-c3nc(-c4ccc5c(c4)sc4ccccc45)nc(-c4cc(-n5c6ccccc6c6cc7ccccc7cc65)cc5oc6ccccc6c45)n3)cc2)cc1. The molecule has 0 aliphatic carbocycles. The lowest BCUT2D eigenvalue weighted by atomic mass is 10.0. The van der Waals surface area contributed by atoms with Crippen molar-refractivity contribution in [1.82, 2.24) is 19.5 Å². The zero-order chi connectivity index (χ0) is 40.0. The maximum atomic E-state index is 6.73. The van der Waals surface area contributed by atoms with E-state index in [1.165, 1.54) is 41.7 Å². The fourth-order valence-corrected chi connectivity index (χ4v) is 10.3. The van der Waals surface area contributed by atoms with Crippen LogP contribution in [0, 0.1) is 0 Å². The molecule has 0 atom stereocenters. The molecule has 284 valence electrons. The van der Waals surface area contributed by atoms with Gasteiger partial charge in [-0.15, -0.1) is 11.3 Å². The molecule has 0 aliphatic rings. The summed E-state index contributed by atoms with van der Waals surface area (Å²) < 4.78 is 11.5. The fraction of sp³-hybridized carbons (Fsp3) is 0. The minimum Gasteiger partial charge on any atom is -0.456 e. The minimum absolute atomic E-state index is 0.577. The molecule has 0 amide bonds. The maximum Gasteiger partial charge on any atom is 0.164 e. The van der Waals surface area contributed by atoms with Crippen LogP contribution < -0.4 is 0 Å². The molecule has 0 N–H and O–H groups in total. The molecule has 4 heterocycles. The highest BCUT2D eigenvalue weighted by Gasteiger charge is 2.22. The van der Waals surface area contributed by atoms with Crippen molar-refractivity contribution in [2.75, 3.05) is 0 Å². The Labute approximate surface area is 353 Å². The highest BCUT2D eigenvalue weighted by Crippen LogP contribution is 2.42. The molecule has 0 bridgehead atoms. The Kier molecular flexibility index (Phi) is 7.41. The van der Waals surface area contributed by atoms with Gasteiger partial charge in [-0.3, -0.25) is 0 Å². The van der Waals surface area contributed by atoms with Crippen LogP contribution in [0.3, 0.4) is 0 Å². The van der Waals surface area contributed by atoms with Crippen LogP contribution in [0.25, 0.3) is 126 Å². The molecule has 4 aromatic heterocycles. The van der Waals surface area contributed by atoms with Gasteiger partial charge in [0.25, 0.3) is 0 Å². The van der Waals surface area contributed by atoms with Gasteiger partial charge in [-0.05, 0) is 64.4 Å². The van der Waals surface area contributed by atoms with Crippen LogP contribution in [0.5, 0.6) is 0 Å². The van der Waals surface area contributed by atoms with Crippen LogP contribution in [0.4, 0.5) is 0 Å². The number of para-hydroxylation sites is 2. The van der Waals surface area contributed by atoms with Crippen molar-refractivity contribution in [2.45, 2.75) is 0 Å². The molecule has 9 aromatic carbocycles. The number of rotatable bonds is 5. The number of thiophene rings is 1. The summed E-state index contributed by atoms with van der Waals surface area (Å²) in [5, 5.41) is 9.24. The first kappa shape index (κ1) is 34.0. The third-order valence-electron chi connectivity index (χ3n) is 12.0. The highest BCUT2D eigenvalue weighted by atomic mass is 32.1. The molecule has 0 saturated carbocycles. The summed E-state index contributed by atoms with van der Waals surface area (Å²) in [7, 11) is 0. The summed E-state index contributed by atoms with van der Waals surface area (Å²) in [6, 6.07) is 68.6. The summed E-state index contributed by atoms with van der Waals surface area (Å²) in [6.45, 7) is 0. The van der Waals surface area contributed by atoms with Crippen LogP contribution in [0.1, 0.15) is 0 Å². The smallest absolute Gasteiger partial charge is 0.164 e. The number of nitrogens with zero attached hydrogens (tertiary/aromatic N) is 4. The second-order valence-electron chi connectivity index (χ2n) is 15.6. The van der Waals surface area contributed by atoms with Crippen molar-refractivity contribution in [3.05, 3.63) is 194 Å². The van der Waals surface area contributed by atoms with Gasteiger partial charge in [0.05, 0.1) is 16.7 Å². The van der Waals surface area contributed by atoms with Gasteiger partial charge >= 0.3 is 0 Å². The molecule has 13 rings (SSSR count). The van der Waals surface area contributed by atoms with Crippen molar-refractivity contribution >= 4 is 86.0 Å². The van der Waals surface area contributed by atoms with Crippen LogP contribution in [0.15, 0.2) is 199 Å². The Morgan fingerprint density at radius 2 is 1.00 bits per heavy atom. The largest absolute Gasteiger partial charge is 0.456 e. The lowest BCUT2D eigenvalue weighted by Gasteiger charge is -2.13. The average Bonchev–Trinajstić information content (AvgIpc) is 3.99. The van der Waals surface area contributed by atoms with Gasteiger partial charge in [-0.2, -0.15) is 0 Å². The van der Waals surface area contributed by atoms with Gasteiger partial charge in [0.1, 0.15) is 11.2 Å². The van der Waals surface area contributed by atoms with Crippen LogP contribution in [-0.2, 0) is 0 Å². The van der Waals surface area contributed by atoms with E-state index in [0.29, 0.717) is 17.5 Å². The standard InChI is InChI=1S/C55H32N4OS/c1-2-12-33(13-3-1)34-22-24-35(25-23-34)53-56-54(38-26-27-42-41-17-8-11-21-50(41)61-51(42)30-38)58-55(57-53)45-31-39(32-49-52(45)43-18-7-10-20-48(43)60-49)59-46-19-9-6-16-40(46)44-28-36-14-4-5-15-37(36)29-47(44)59/h1-32H. The first-order chi connectivity index (χ1) is 30.2. The number of furan rings is 1. The van der Waals surface area contributed by atoms with Gasteiger partial charge in [0.15, 0.2) is 17.5 Å². The molecule has 0 spiro atoms. The summed E-state index contributed by atoms with van der Waals surface area (Å²) in [6.07, 6.45) is 0. The second-order valence-corrected chi connectivity index (χ2v) is 16.7. The van der Waals surface area contributed by atoms with Crippen LogP contribution in [-0.4, -0.2) is 19.5 Å². The summed E-state index contributed by atoms with van der Waals surface area (Å²) >= 11 is 1.79. The van der Waals surface area contributed by atoms with Gasteiger partial charge in [-0.1, -0.05) is 146 Å². The van der Waals surface area contributed by atoms with Crippen molar-refractivity contribution < 1.29 is 4.42 Å². The number of aromatic nitrogens is 4. The summed E-state index contributed by atoms with van der Waals surface area (Å²) in [4.78, 5) is 16.0. The van der Waals surface area contributed by atoms with Crippen LogP contribution in [0.2, 0.25) is 0 Å². The lowest BCUT2D eigenvalue weighted by molar-refractivity contribution is 0.668. The van der Waals surface area contributed by atoms with Gasteiger partial charge in [0, 0.05) is 64.5 Å². The Hall–Kier alpha value is -7.93. The van der Waals surface area contributed by atoms with E-state index >= 15 is 0 Å². The molecular formula is C55H32N4OS. The van der Waals surface area contributed by atoms with Crippen molar-refractivity contribution in [3.63, 3.8) is 0 Å². The zero-order valence-corrected chi connectivity index (χ0v) is 33.4. The monoisotopic (exact) mass is 796 g/mol. The Bertz CT molecular complexity index is 3880. The van der Waals surface area contributed by atoms with E-state index in [0.717, 1.165) is 66.5 Å². The minimum atomic E-state index is 0.577. The van der Waals surface area contributed by atoms with Gasteiger partial charge < -0.3 is 8.98 Å². The maximum absolute atomic E-state index is 6.73. The molecule has 0 radical (unpaired) electrons. The van der Waals surface area contributed by atoms with E-state index in [2.05, 4.69) is 180 Å². The van der Waals surface area contributed by atoms with Crippen molar-refractivity contribution in [3.8, 4) is 51.0 Å². The molecule has 61 heavy (non-hydrogen) atoms. The number of hydrogen-bond donors (Lipinski definition) is 0. The molecular weight excluding hydrogens is 765 g/mol. The molecule has 6 heteroatoms. The normalized spacial score (nSPS) is 11.9. The molecule has 0 unspecified atom stereocenters. The molecule has 0 saturated heterocycles. The van der Waals surface area contributed by atoms with Crippen LogP contribution >= 0.6 is 11.3 Å². The Morgan fingerprint density at radius 3 is 1.85 bits per heavy atom. The zero-order valence-electron chi connectivity index (χ0n) is 32.6. The predicted molar refractivity (Wildman–Crippen MR) is 254 cm³/mol. The fourth-order valence-electron chi connectivity index (χ4n) is 9.14. The first-order valence-corrected chi connectivity index (χ1v) is 21.2. The summed E-state index contributed by atoms with van der Waals surface area (Å²) in [5.74, 6) is 1.79. The van der Waals surface area contributed by atoms with Crippen molar-refractivity contribution in [2.24, 2.45) is 0 Å². The summed E-state index contributed by atoms with van der Waals surface area (Å²) in [5.41, 5.74) is 9.78. The predicted octanol–water partition coefficient (Wildman–Crippen LogP) is 15.1. The van der Waals surface area contributed by atoms with Gasteiger partial charge in [0.2, 0.25) is 0 Å². The Morgan fingerprint density at radius 1 is 0.377 bits per heavy atom. The lowest BCUT2D eigenvalue weighted by Crippen LogP contribution is -2.02.